The number of aromatic amines is 1. The summed E-state index contributed by atoms with van der Waals surface area (Å²) in [7, 11) is 0. The van der Waals surface area contributed by atoms with E-state index in [1.165, 1.54) is 12.8 Å². The summed E-state index contributed by atoms with van der Waals surface area (Å²) in [5.41, 5.74) is 5.89. The molecule has 1 fully saturated rings. The zero-order valence-corrected chi connectivity index (χ0v) is 6.46. The number of nitrogens with zero attached hydrogens (tertiary/aromatic N) is 1. The second-order valence-corrected chi connectivity index (χ2v) is 3.26. The largest absolute Gasteiger partial charge is 0.347 e. The Balaban J connectivity index is 1.93. The quantitative estimate of drug-likeness (QED) is 0.682. The highest BCUT2D eigenvalue weighted by atomic mass is 14.9. The van der Waals surface area contributed by atoms with Crippen LogP contribution in [0.4, 0.5) is 0 Å². The van der Waals surface area contributed by atoms with Crippen molar-refractivity contribution in [3.63, 3.8) is 0 Å². The van der Waals surface area contributed by atoms with E-state index in [9.17, 15) is 0 Å². The lowest BCUT2D eigenvalue weighted by Crippen LogP contribution is -2.12. The minimum absolute atomic E-state index is 0.123. The van der Waals surface area contributed by atoms with Gasteiger partial charge in [0.1, 0.15) is 5.82 Å². The third-order valence-electron chi connectivity index (χ3n) is 2.15. The molecule has 0 amide bonds. The average Bonchev–Trinajstić information content (AvgIpc) is 2.67. The van der Waals surface area contributed by atoms with Crippen LogP contribution in [0.2, 0.25) is 0 Å². The Kier molecular flexibility index (Phi) is 1.66. The predicted molar refractivity (Wildman–Crippen MR) is 42.9 cm³/mol. The van der Waals surface area contributed by atoms with Gasteiger partial charge in [-0.25, -0.2) is 4.98 Å². The lowest BCUT2D eigenvalue weighted by atomic mass is 10.1. The zero-order chi connectivity index (χ0) is 7.68. The van der Waals surface area contributed by atoms with Gasteiger partial charge in [-0.1, -0.05) is 12.8 Å². The predicted octanol–water partition coefficient (Wildman–Crippen LogP) is 1.21. The Morgan fingerprint density at radius 3 is 3.09 bits per heavy atom. The Morgan fingerprint density at radius 1 is 1.73 bits per heavy atom. The van der Waals surface area contributed by atoms with Crippen LogP contribution in [0.15, 0.2) is 12.4 Å². The summed E-state index contributed by atoms with van der Waals surface area (Å²) in [6.07, 6.45) is 7.38. The molecule has 3 nitrogen and oxygen atoms in total. The lowest BCUT2D eigenvalue weighted by molar-refractivity contribution is 0.572. The van der Waals surface area contributed by atoms with Crippen molar-refractivity contribution in [2.75, 3.05) is 0 Å². The molecule has 1 aliphatic rings. The molecule has 3 heteroatoms. The van der Waals surface area contributed by atoms with Gasteiger partial charge in [0, 0.05) is 12.4 Å². The van der Waals surface area contributed by atoms with Gasteiger partial charge in [-0.15, -0.1) is 0 Å². The van der Waals surface area contributed by atoms with Gasteiger partial charge < -0.3 is 10.7 Å². The van der Waals surface area contributed by atoms with Crippen LogP contribution < -0.4 is 5.73 Å². The third-order valence-corrected chi connectivity index (χ3v) is 2.15. The van der Waals surface area contributed by atoms with Crippen LogP contribution in [0.25, 0.3) is 0 Å². The molecule has 0 aromatic carbocycles. The van der Waals surface area contributed by atoms with Gasteiger partial charge >= 0.3 is 0 Å². The summed E-state index contributed by atoms with van der Waals surface area (Å²) in [6, 6.07) is 0.123. The van der Waals surface area contributed by atoms with Crippen molar-refractivity contribution in [3.8, 4) is 0 Å². The summed E-state index contributed by atoms with van der Waals surface area (Å²) in [5, 5.41) is 0. The number of nitrogens with two attached hydrogens (primary N) is 1. The second kappa shape index (κ2) is 2.66. The minimum Gasteiger partial charge on any atom is -0.347 e. The van der Waals surface area contributed by atoms with Crippen molar-refractivity contribution in [1.82, 2.24) is 9.97 Å². The standard InChI is InChI=1S/C8H13N3/c9-7(5-6-1-2-6)8-10-3-4-11-8/h3-4,6-7H,1-2,5,9H2,(H,10,11)/t7-/m1/s1. The number of hydrogen-bond donors (Lipinski definition) is 2. The summed E-state index contributed by atoms with van der Waals surface area (Å²) < 4.78 is 0. The first kappa shape index (κ1) is 6.85. The molecule has 0 unspecified atom stereocenters. The number of nitrogens with one attached hydrogen (secondary N) is 1. The molecule has 11 heavy (non-hydrogen) atoms. The monoisotopic (exact) mass is 151 g/mol. The fraction of sp³-hybridized carbons (Fsp3) is 0.625. The van der Waals surface area contributed by atoms with Crippen LogP contribution in [0.5, 0.6) is 0 Å². The number of hydrogen-bond acceptors (Lipinski definition) is 2. The van der Waals surface area contributed by atoms with Gasteiger partial charge in [-0.05, 0) is 12.3 Å². The number of H-pyrrole nitrogens is 1. The van der Waals surface area contributed by atoms with E-state index >= 15 is 0 Å². The highest BCUT2D eigenvalue weighted by Crippen LogP contribution is 2.35. The minimum atomic E-state index is 0.123. The Hall–Kier alpha value is -0.830. The number of rotatable bonds is 3. The maximum atomic E-state index is 5.89. The molecule has 2 rings (SSSR count). The van der Waals surface area contributed by atoms with E-state index in [0.29, 0.717) is 0 Å². The summed E-state index contributed by atoms with van der Waals surface area (Å²) in [5.74, 6) is 1.80. The third kappa shape index (κ3) is 1.60. The van der Waals surface area contributed by atoms with Gasteiger partial charge in [-0.3, -0.25) is 0 Å². The summed E-state index contributed by atoms with van der Waals surface area (Å²) in [6.45, 7) is 0. The van der Waals surface area contributed by atoms with E-state index in [0.717, 1.165) is 18.2 Å². The van der Waals surface area contributed by atoms with Crippen LogP contribution >= 0.6 is 0 Å². The van der Waals surface area contributed by atoms with Gasteiger partial charge in [0.25, 0.3) is 0 Å². The zero-order valence-electron chi connectivity index (χ0n) is 6.46. The van der Waals surface area contributed by atoms with Crippen molar-refractivity contribution in [3.05, 3.63) is 18.2 Å². The summed E-state index contributed by atoms with van der Waals surface area (Å²) in [4.78, 5) is 7.15. The Labute approximate surface area is 66.0 Å². The van der Waals surface area contributed by atoms with Crippen LogP contribution in [-0.2, 0) is 0 Å². The van der Waals surface area contributed by atoms with E-state index < -0.39 is 0 Å². The summed E-state index contributed by atoms with van der Waals surface area (Å²) >= 11 is 0. The molecule has 1 aliphatic carbocycles. The van der Waals surface area contributed by atoms with Crippen molar-refractivity contribution in [2.24, 2.45) is 11.7 Å². The van der Waals surface area contributed by atoms with E-state index in [1.54, 1.807) is 6.20 Å². The maximum absolute atomic E-state index is 5.89. The number of aromatic nitrogens is 2. The molecule has 1 aromatic rings. The van der Waals surface area contributed by atoms with Gasteiger partial charge in [-0.2, -0.15) is 0 Å². The Morgan fingerprint density at radius 2 is 2.55 bits per heavy atom. The van der Waals surface area contributed by atoms with E-state index in [-0.39, 0.29) is 6.04 Å². The molecule has 0 bridgehead atoms. The molecular formula is C8H13N3. The van der Waals surface area contributed by atoms with Gasteiger partial charge in [0.2, 0.25) is 0 Å². The maximum Gasteiger partial charge on any atom is 0.123 e. The van der Waals surface area contributed by atoms with Gasteiger partial charge in [0.05, 0.1) is 6.04 Å². The molecule has 0 saturated heterocycles. The van der Waals surface area contributed by atoms with E-state index in [1.807, 2.05) is 6.20 Å². The first-order valence-corrected chi connectivity index (χ1v) is 4.11. The first-order valence-electron chi connectivity index (χ1n) is 4.11. The Bertz CT molecular complexity index is 213. The van der Waals surface area contributed by atoms with Crippen molar-refractivity contribution >= 4 is 0 Å². The molecule has 0 aliphatic heterocycles. The van der Waals surface area contributed by atoms with Gasteiger partial charge in [0.15, 0.2) is 0 Å². The molecule has 0 spiro atoms. The molecule has 0 radical (unpaired) electrons. The fourth-order valence-corrected chi connectivity index (χ4v) is 1.30. The highest BCUT2D eigenvalue weighted by molar-refractivity contribution is 4.96. The normalized spacial score (nSPS) is 20.1. The first-order chi connectivity index (χ1) is 5.36. The van der Waals surface area contributed by atoms with Crippen LogP contribution in [0.3, 0.4) is 0 Å². The number of imidazole rings is 1. The van der Waals surface area contributed by atoms with Crippen molar-refractivity contribution in [1.29, 1.82) is 0 Å². The SMILES string of the molecule is N[C@H](CC1CC1)c1ncc[nH]1. The molecular weight excluding hydrogens is 138 g/mol. The van der Waals surface area contributed by atoms with E-state index in [4.69, 9.17) is 5.73 Å². The van der Waals surface area contributed by atoms with Crippen molar-refractivity contribution < 1.29 is 0 Å². The van der Waals surface area contributed by atoms with E-state index in [2.05, 4.69) is 9.97 Å². The highest BCUT2D eigenvalue weighted by Gasteiger charge is 2.25. The molecule has 1 saturated carbocycles. The molecule has 1 aromatic heterocycles. The smallest absolute Gasteiger partial charge is 0.123 e. The lowest BCUT2D eigenvalue weighted by Gasteiger charge is -2.05. The second-order valence-electron chi connectivity index (χ2n) is 3.26. The fourth-order valence-electron chi connectivity index (χ4n) is 1.30. The van der Waals surface area contributed by atoms with Crippen LogP contribution in [0.1, 0.15) is 31.1 Å². The average molecular weight is 151 g/mol. The van der Waals surface area contributed by atoms with Crippen LogP contribution in [-0.4, -0.2) is 9.97 Å². The molecule has 1 atom stereocenters. The van der Waals surface area contributed by atoms with Crippen LogP contribution in [0, 0.1) is 5.92 Å². The topological polar surface area (TPSA) is 54.7 Å². The molecule has 60 valence electrons. The van der Waals surface area contributed by atoms with Crippen molar-refractivity contribution in [2.45, 2.75) is 25.3 Å². The molecule has 3 N–H and O–H groups in total. The molecule has 1 heterocycles.